The number of carbonyl (C=O) groups excluding carboxylic acids is 2. The Labute approximate surface area is 202 Å². The number of hydrogen-bond donors (Lipinski definition) is 0. The van der Waals surface area contributed by atoms with Gasteiger partial charge in [-0.1, -0.05) is 24.3 Å². The van der Waals surface area contributed by atoms with Crippen molar-refractivity contribution in [2.24, 2.45) is 11.0 Å². The number of morpholine rings is 1. The second-order valence-corrected chi connectivity index (χ2v) is 9.97. The van der Waals surface area contributed by atoms with Crippen LogP contribution in [0, 0.1) is 11.7 Å². The summed E-state index contributed by atoms with van der Waals surface area (Å²) in [6.45, 7) is 4.26. The molecule has 0 N–H and O–H groups in total. The van der Waals surface area contributed by atoms with Gasteiger partial charge in [0.05, 0.1) is 25.0 Å². The summed E-state index contributed by atoms with van der Waals surface area (Å²) in [7, 11) is 0. The van der Waals surface area contributed by atoms with Crippen molar-refractivity contribution in [3.05, 3.63) is 58.0 Å². The lowest BCUT2D eigenvalue weighted by molar-refractivity contribution is -0.142. The van der Waals surface area contributed by atoms with Gasteiger partial charge in [-0.25, -0.2) is 9.40 Å². The Morgan fingerprint density at radius 2 is 1.94 bits per heavy atom. The molecule has 7 nitrogen and oxygen atoms in total. The minimum absolute atomic E-state index is 0.0183. The number of carbonyl (C=O) groups is 2. The van der Waals surface area contributed by atoms with Crippen LogP contribution in [0.25, 0.3) is 0 Å². The van der Waals surface area contributed by atoms with E-state index < -0.39 is 0 Å². The number of thiophene rings is 1. The van der Waals surface area contributed by atoms with Gasteiger partial charge in [0.15, 0.2) is 0 Å². The highest BCUT2D eigenvalue weighted by molar-refractivity contribution is 7.10. The Kier molecular flexibility index (Phi) is 7.03. The van der Waals surface area contributed by atoms with Crippen LogP contribution >= 0.6 is 11.3 Å². The van der Waals surface area contributed by atoms with Gasteiger partial charge in [-0.05, 0) is 30.4 Å². The molecule has 180 valence electrons. The Morgan fingerprint density at radius 3 is 2.65 bits per heavy atom. The number of hydrazone groups is 1. The summed E-state index contributed by atoms with van der Waals surface area (Å²) in [5.41, 5.74) is 0.968. The van der Waals surface area contributed by atoms with Crippen molar-refractivity contribution in [2.75, 3.05) is 45.9 Å². The second kappa shape index (κ2) is 10.3. The molecule has 2 amide bonds. The maximum atomic E-state index is 14.5. The lowest BCUT2D eigenvalue weighted by atomic mass is 10.0. The summed E-state index contributed by atoms with van der Waals surface area (Å²) in [4.78, 5) is 31.5. The molecule has 0 radical (unpaired) electrons. The van der Waals surface area contributed by atoms with Crippen molar-refractivity contribution in [3.63, 3.8) is 0 Å². The molecule has 3 aliphatic rings. The third-order valence-corrected chi connectivity index (χ3v) is 7.55. The van der Waals surface area contributed by atoms with Crippen molar-refractivity contribution >= 4 is 28.9 Å². The van der Waals surface area contributed by atoms with E-state index >= 15 is 0 Å². The van der Waals surface area contributed by atoms with Crippen LogP contribution in [0.5, 0.6) is 0 Å². The third kappa shape index (κ3) is 5.21. The molecular weight excluding hydrogens is 455 g/mol. The Balaban J connectivity index is 1.34. The van der Waals surface area contributed by atoms with Crippen LogP contribution in [0.4, 0.5) is 4.39 Å². The predicted molar refractivity (Wildman–Crippen MR) is 128 cm³/mol. The number of ether oxygens (including phenoxy) is 1. The van der Waals surface area contributed by atoms with E-state index in [0.29, 0.717) is 44.0 Å². The van der Waals surface area contributed by atoms with Gasteiger partial charge in [-0.15, -0.1) is 11.3 Å². The number of hydrogen-bond acceptors (Lipinski definition) is 6. The Hall–Kier alpha value is -2.62. The lowest BCUT2D eigenvalue weighted by Crippen LogP contribution is -2.47. The zero-order chi connectivity index (χ0) is 23.5. The molecule has 1 atom stereocenters. The predicted octanol–water partition coefficient (Wildman–Crippen LogP) is 3.14. The van der Waals surface area contributed by atoms with E-state index in [2.05, 4.69) is 10.0 Å². The SMILES string of the molecule is O=C(C1CC1)N(CCN1CCOCC1)CC(=O)N1N=C(c2ccccc2F)C[C@H]1c1cccs1. The van der Waals surface area contributed by atoms with Crippen LogP contribution in [-0.2, 0) is 14.3 Å². The number of halogens is 1. The summed E-state index contributed by atoms with van der Waals surface area (Å²) in [6.07, 6.45) is 2.22. The quantitative estimate of drug-likeness (QED) is 0.578. The van der Waals surface area contributed by atoms with Crippen molar-refractivity contribution in [1.82, 2.24) is 14.8 Å². The molecule has 1 aromatic carbocycles. The molecule has 0 unspecified atom stereocenters. The average Bonchev–Trinajstić information content (AvgIpc) is 3.38. The highest BCUT2D eigenvalue weighted by Gasteiger charge is 2.38. The molecule has 0 spiro atoms. The second-order valence-electron chi connectivity index (χ2n) is 8.99. The van der Waals surface area contributed by atoms with Crippen molar-refractivity contribution in [2.45, 2.75) is 25.3 Å². The summed E-state index contributed by atoms with van der Waals surface area (Å²) < 4.78 is 19.9. The van der Waals surface area contributed by atoms with E-state index in [0.717, 1.165) is 30.8 Å². The van der Waals surface area contributed by atoms with Crippen LogP contribution in [0.2, 0.25) is 0 Å². The molecule has 1 saturated heterocycles. The fourth-order valence-electron chi connectivity index (χ4n) is 4.48. The molecule has 5 rings (SSSR count). The lowest BCUT2D eigenvalue weighted by Gasteiger charge is -2.31. The van der Waals surface area contributed by atoms with Crippen LogP contribution < -0.4 is 0 Å². The van der Waals surface area contributed by atoms with Gasteiger partial charge in [-0.2, -0.15) is 5.10 Å². The summed E-state index contributed by atoms with van der Waals surface area (Å²) >= 11 is 1.55. The fraction of sp³-hybridized carbons (Fsp3) is 0.480. The third-order valence-electron chi connectivity index (χ3n) is 6.58. The standard InChI is InChI=1S/C25H29FN4O3S/c26-20-5-2-1-4-19(20)21-16-22(23-6-3-15-34-23)30(27-21)24(31)17-29(25(32)18-7-8-18)10-9-28-11-13-33-14-12-28/h1-6,15,18,22H,7-14,16-17H2/t22-/m0/s1. The number of nitrogens with zero attached hydrogens (tertiary/aromatic N) is 4. The summed E-state index contributed by atoms with van der Waals surface area (Å²) in [5.74, 6) is -0.509. The monoisotopic (exact) mass is 484 g/mol. The first-order chi connectivity index (χ1) is 16.6. The number of benzene rings is 1. The molecule has 34 heavy (non-hydrogen) atoms. The van der Waals surface area contributed by atoms with Gasteiger partial charge in [-0.3, -0.25) is 14.5 Å². The topological polar surface area (TPSA) is 65.5 Å². The summed E-state index contributed by atoms with van der Waals surface area (Å²) in [6, 6.07) is 10.1. The van der Waals surface area contributed by atoms with Crippen LogP contribution in [0.15, 0.2) is 46.9 Å². The van der Waals surface area contributed by atoms with Crippen molar-refractivity contribution in [3.8, 4) is 0 Å². The molecular formula is C25H29FN4O3S. The molecule has 1 saturated carbocycles. The fourth-order valence-corrected chi connectivity index (χ4v) is 5.29. The number of rotatable bonds is 8. The van der Waals surface area contributed by atoms with E-state index in [4.69, 9.17) is 4.74 Å². The first kappa shape index (κ1) is 23.1. The van der Waals surface area contributed by atoms with E-state index in [9.17, 15) is 14.0 Å². The van der Waals surface area contributed by atoms with Gasteiger partial charge >= 0.3 is 0 Å². The van der Waals surface area contributed by atoms with Gasteiger partial charge in [0.1, 0.15) is 12.4 Å². The molecule has 9 heteroatoms. The maximum Gasteiger partial charge on any atom is 0.262 e. The van der Waals surface area contributed by atoms with E-state index in [1.165, 1.54) is 11.1 Å². The zero-order valence-electron chi connectivity index (χ0n) is 19.1. The van der Waals surface area contributed by atoms with Gasteiger partial charge < -0.3 is 9.64 Å². The van der Waals surface area contributed by atoms with Crippen LogP contribution in [-0.4, -0.2) is 78.3 Å². The first-order valence-electron chi connectivity index (χ1n) is 11.9. The maximum absolute atomic E-state index is 14.5. The highest BCUT2D eigenvalue weighted by Crippen LogP contribution is 2.36. The van der Waals surface area contributed by atoms with Crippen LogP contribution in [0.3, 0.4) is 0 Å². The number of amides is 2. The first-order valence-corrected chi connectivity index (χ1v) is 12.7. The molecule has 1 aliphatic carbocycles. The summed E-state index contributed by atoms with van der Waals surface area (Å²) in [5, 5.41) is 8.01. The van der Waals surface area contributed by atoms with E-state index in [1.807, 2.05) is 17.5 Å². The minimum atomic E-state index is -0.350. The van der Waals surface area contributed by atoms with E-state index in [1.54, 1.807) is 34.4 Å². The zero-order valence-corrected chi connectivity index (χ0v) is 19.9. The molecule has 2 aliphatic heterocycles. The molecule has 2 aromatic rings. The molecule has 3 heterocycles. The molecule has 0 bridgehead atoms. The van der Waals surface area contributed by atoms with Crippen molar-refractivity contribution in [1.29, 1.82) is 0 Å². The van der Waals surface area contributed by atoms with Gasteiger partial charge in [0.2, 0.25) is 5.91 Å². The normalized spacial score (nSPS) is 20.9. The smallest absolute Gasteiger partial charge is 0.262 e. The highest BCUT2D eigenvalue weighted by atomic mass is 32.1. The van der Waals surface area contributed by atoms with E-state index in [-0.39, 0.29) is 36.1 Å². The average molecular weight is 485 g/mol. The minimum Gasteiger partial charge on any atom is -0.379 e. The Morgan fingerprint density at radius 1 is 1.15 bits per heavy atom. The molecule has 2 fully saturated rings. The Bertz CT molecular complexity index is 1050. The molecule has 1 aromatic heterocycles. The van der Waals surface area contributed by atoms with Gasteiger partial charge in [0, 0.05) is 49.0 Å². The van der Waals surface area contributed by atoms with Gasteiger partial charge in [0.25, 0.3) is 5.91 Å². The van der Waals surface area contributed by atoms with Crippen LogP contribution in [0.1, 0.15) is 35.7 Å². The largest absolute Gasteiger partial charge is 0.379 e. The van der Waals surface area contributed by atoms with Crippen molar-refractivity contribution < 1.29 is 18.7 Å².